The van der Waals surface area contributed by atoms with E-state index in [2.05, 4.69) is 5.32 Å². The molecule has 0 aliphatic carbocycles. The maximum Gasteiger partial charge on any atom is 0.338 e. The van der Waals surface area contributed by atoms with Crippen molar-refractivity contribution in [3.63, 3.8) is 0 Å². The Hall–Kier alpha value is -2.74. The second-order valence-corrected chi connectivity index (χ2v) is 7.84. The van der Waals surface area contributed by atoms with Crippen LogP contribution in [0.2, 0.25) is 0 Å². The second kappa shape index (κ2) is 8.95. The van der Waals surface area contributed by atoms with Gasteiger partial charge >= 0.3 is 11.9 Å². The summed E-state index contributed by atoms with van der Waals surface area (Å²) in [5.41, 5.74) is 1.29. The SMILES string of the molecule is O=C(O[C@H]1C[C@@H]2N[C@H](C1)[C@@H](O)[C@H]2OC(=O)C(O)Cc1ccccc1)c1ccccc1. The molecule has 0 aromatic heterocycles. The average Bonchev–Trinajstić information content (AvgIpc) is 2.98. The van der Waals surface area contributed by atoms with Crippen molar-refractivity contribution in [3.8, 4) is 0 Å². The molecule has 30 heavy (non-hydrogen) atoms. The Bertz CT molecular complexity index is 874. The number of hydrogen-bond acceptors (Lipinski definition) is 7. The average molecular weight is 411 g/mol. The van der Waals surface area contributed by atoms with Crippen molar-refractivity contribution in [2.45, 2.75) is 55.8 Å². The van der Waals surface area contributed by atoms with Crippen molar-refractivity contribution in [3.05, 3.63) is 71.8 Å². The standard InChI is InChI=1S/C23H25NO6/c25-19(11-14-7-3-1-4-8-14)23(28)30-21-18-13-16(12-17(24-18)20(21)26)29-22(27)15-9-5-2-6-10-15/h1-10,16-21,24-26H,11-13H2/t16-,17-,18+,19?,20-,21+/m1/s1. The number of carbonyl (C=O) groups is 2. The van der Waals surface area contributed by atoms with Gasteiger partial charge in [-0.05, 0) is 17.7 Å². The van der Waals surface area contributed by atoms with Crippen LogP contribution in [0.4, 0.5) is 0 Å². The molecule has 0 saturated carbocycles. The Morgan fingerprint density at radius 1 is 0.967 bits per heavy atom. The topological polar surface area (TPSA) is 105 Å². The summed E-state index contributed by atoms with van der Waals surface area (Å²) in [5, 5.41) is 24.0. The molecule has 0 amide bonds. The Labute approximate surface area is 174 Å². The van der Waals surface area contributed by atoms with E-state index in [0.29, 0.717) is 18.4 Å². The van der Waals surface area contributed by atoms with Crippen molar-refractivity contribution in [1.29, 1.82) is 0 Å². The third-order valence-electron chi connectivity index (χ3n) is 5.69. The Morgan fingerprint density at radius 3 is 2.30 bits per heavy atom. The molecular formula is C23H25NO6. The monoisotopic (exact) mass is 411 g/mol. The highest BCUT2D eigenvalue weighted by Crippen LogP contribution is 2.32. The van der Waals surface area contributed by atoms with Crippen LogP contribution >= 0.6 is 0 Å². The van der Waals surface area contributed by atoms with Crippen molar-refractivity contribution in [2.75, 3.05) is 0 Å². The number of piperidine rings is 1. The molecule has 2 aliphatic rings. The van der Waals surface area contributed by atoms with Gasteiger partial charge in [0, 0.05) is 25.3 Å². The van der Waals surface area contributed by atoms with Gasteiger partial charge < -0.3 is 25.0 Å². The lowest BCUT2D eigenvalue weighted by Gasteiger charge is -2.29. The quantitative estimate of drug-likeness (QED) is 0.614. The molecule has 2 fully saturated rings. The van der Waals surface area contributed by atoms with Crippen LogP contribution in [-0.4, -0.2) is 58.7 Å². The zero-order chi connectivity index (χ0) is 21.1. The summed E-state index contributed by atoms with van der Waals surface area (Å²) in [6, 6.07) is 17.2. The van der Waals surface area contributed by atoms with Crippen LogP contribution in [0.1, 0.15) is 28.8 Å². The van der Waals surface area contributed by atoms with Gasteiger partial charge in [0.05, 0.1) is 11.6 Å². The van der Waals surface area contributed by atoms with Crippen molar-refractivity contribution >= 4 is 11.9 Å². The van der Waals surface area contributed by atoms with Gasteiger partial charge in [-0.15, -0.1) is 0 Å². The molecule has 7 heteroatoms. The number of rotatable bonds is 6. The molecule has 7 nitrogen and oxygen atoms in total. The predicted molar refractivity (Wildman–Crippen MR) is 108 cm³/mol. The first-order valence-electron chi connectivity index (χ1n) is 10.1. The Kier molecular flexibility index (Phi) is 6.13. The number of ether oxygens (including phenoxy) is 2. The first-order valence-corrected chi connectivity index (χ1v) is 10.1. The molecule has 2 aliphatic heterocycles. The molecule has 6 atom stereocenters. The summed E-state index contributed by atoms with van der Waals surface area (Å²) in [7, 11) is 0. The first-order chi connectivity index (χ1) is 14.5. The molecule has 0 radical (unpaired) electrons. The maximum atomic E-state index is 12.4. The molecule has 2 heterocycles. The number of aliphatic hydroxyl groups is 2. The molecule has 2 aromatic rings. The van der Waals surface area contributed by atoms with Crippen LogP contribution < -0.4 is 5.32 Å². The normalized spacial score (nSPS) is 28.5. The largest absolute Gasteiger partial charge is 0.459 e. The zero-order valence-electron chi connectivity index (χ0n) is 16.4. The zero-order valence-corrected chi connectivity index (χ0v) is 16.4. The fourth-order valence-electron chi connectivity index (χ4n) is 4.18. The van der Waals surface area contributed by atoms with Gasteiger partial charge in [-0.2, -0.15) is 0 Å². The van der Waals surface area contributed by atoms with E-state index >= 15 is 0 Å². The first kappa shape index (κ1) is 20.5. The lowest BCUT2D eigenvalue weighted by Crippen LogP contribution is -2.45. The number of carbonyl (C=O) groups excluding carboxylic acids is 2. The van der Waals surface area contributed by atoms with Crippen LogP contribution in [-0.2, 0) is 20.7 Å². The number of fused-ring (bicyclic) bond motifs is 2. The molecule has 0 spiro atoms. The third-order valence-corrected chi connectivity index (χ3v) is 5.69. The molecule has 3 N–H and O–H groups in total. The minimum absolute atomic E-state index is 0.140. The van der Waals surface area contributed by atoms with E-state index in [1.54, 1.807) is 24.3 Å². The number of hydrogen-bond donors (Lipinski definition) is 3. The predicted octanol–water partition coefficient (Wildman–Crippen LogP) is 1.22. The van der Waals surface area contributed by atoms with E-state index in [9.17, 15) is 19.8 Å². The number of benzene rings is 2. The Morgan fingerprint density at radius 2 is 1.60 bits per heavy atom. The number of nitrogens with one attached hydrogen (secondary N) is 1. The molecule has 1 unspecified atom stereocenters. The number of esters is 2. The van der Waals surface area contributed by atoms with Gasteiger partial charge in [0.15, 0.2) is 6.10 Å². The molecule has 2 saturated heterocycles. The van der Waals surface area contributed by atoms with Gasteiger partial charge in [0.25, 0.3) is 0 Å². The third kappa shape index (κ3) is 4.53. The van der Waals surface area contributed by atoms with Gasteiger partial charge in [-0.1, -0.05) is 48.5 Å². The lowest BCUT2D eigenvalue weighted by atomic mass is 10.0. The van der Waals surface area contributed by atoms with Gasteiger partial charge in [-0.25, -0.2) is 9.59 Å². The number of aliphatic hydroxyl groups excluding tert-OH is 2. The van der Waals surface area contributed by atoms with Gasteiger partial charge in [-0.3, -0.25) is 0 Å². The minimum Gasteiger partial charge on any atom is -0.459 e. The fourth-order valence-corrected chi connectivity index (χ4v) is 4.18. The van der Waals surface area contributed by atoms with E-state index in [4.69, 9.17) is 9.47 Å². The van der Waals surface area contributed by atoms with Gasteiger partial charge in [0.1, 0.15) is 18.3 Å². The van der Waals surface area contributed by atoms with Crippen LogP contribution in [0.3, 0.4) is 0 Å². The van der Waals surface area contributed by atoms with E-state index in [0.717, 1.165) is 5.56 Å². The minimum atomic E-state index is -1.31. The van der Waals surface area contributed by atoms with E-state index in [1.807, 2.05) is 36.4 Å². The highest BCUT2D eigenvalue weighted by molar-refractivity contribution is 5.89. The summed E-state index contributed by atoms with van der Waals surface area (Å²) in [4.78, 5) is 24.7. The molecule has 2 aromatic carbocycles. The van der Waals surface area contributed by atoms with Crippen molar-refractivity contribution in [1.82, 2.24) is 5.32 Å². The summed E-state index contributed by atoms with van der Waals surface area (Å²) in [5.74, 6) is -1.18. The smallest absolute Gasteiger partial charge is 0.338 e. The van der Waals surface area contributed by atoms with Crippen molar-refractivity contribution < 1.29 is 29.3 Å². The van der Waals surface area contributed by atoms with Crippen LogP contribution in [0.15, 0.2) is 60.7 Å². The molecule has 2 bridgehead atoms. The summed E-state index contributed by atoms with van der Waals surface area (Å²) < 4.78 is 11.1. The summed E-state index contributed by atoms with van der Waals surface area (Å²) in [6.07, 6.45) is -2.44. The van der Waals surface area contributed by atoms with Crippen LogP contribution in [0.5, 0.6) is 0 Å². The fraction of sp³-hybridized carbons (Fsp3) is 0.391. The maximum absolute atomic E-state index is 12.4. The molecule has 158 valence electrons. The van der Waals surface area contributed by atoms with E-state index < -0.39 is 30.3 Å². The van der Waals surface area contributed by atoms with Crippen LogP contribution in [0.25, 0.3) is 0 Å². The summed E-state index contributed by atoms with van der Waals surface area (Å²) >= 11 is 0. The second-order valence-electron chi connectivity index (χ2n) is 7.84. The highest BCUT2D eigenvalue weighted by atomic mass is 16.6. The van der Waals surface area contributed by atoms with E-state index in [-0.39, 0.29) is 24.6 Å². The van der Waals surface area contributed by atoms with Crippen molar-refractivity contribution in [2.24, 2.45) is 0 Å². The van der Waals surface area contributed by atoms with Gasteiger partial charge in [0.2, 0.25) is 0 Å². The van der Waals surface area contributed by atoms with Crippen LogP contribution in [0, 0.1) is 0 Å². The van der Waals surface area contributed by atoms with E-state index in [1.165, 1.54) is 0 Å². The molecule has 4 rings (SSSR count). The highest BCUT2D eigenvalue weighted by Gasteiger charge is 2.50. The molecular weight excluding hydrogens is 386 g/mol. The lowest BCUT2D eigenvalue weighted by molar-refractivity contribution is -0.164. The Balaban J connectivity index is 1.34. The summed E-state index contributed by atoms with van der Waals surface area (Å²) in [6.45, 7) is 0.